The van der Waals surface area contributed by atoms with E-state index in [4.69, 9.17) is 0 Å². The molecule has 0 spiro atoms. The zero-order valence-electron chi connectivity index (χ0n) is 23.1. The molecule has 239 valence electrons. The van der Waals surface area contributed by atoms with E-state index in [-0.39, 0.29) is 39.3 Å². The largest absolute Gasteiger partial charge is 0.476 e. The summed E-state index contributed by atoms with van der Waals surface area (Å²) >= 11 is 0. The quantitative estimate of drug-likeness (QED) is 0.0819. The van der Waals surface area contributed by atoms with Gasteiger partial charge in [-0.3, -0.25) is 0 Å². The molecule has 4 atom stereocenters. The van der Waals surface area contributed by atoms with Crippen LogP contribution in [-0.4, -0.2) is 54.5 Å². The first-order chi connectivity index (χ1) is 20.9. The van der Waals surface area contributed by atoms with Crippen LogP contribution >= 0.6 is 0 Å². The summed E-state index contributed by atoms with van der Waals surface area (Å²) in [7, 11) is 0. The van der Waals surface area contributed by atoms with Gasteiger partial charge in [0.2, 0.25) is 0 Å². The minimum atomic E-state index is -2.87. The summed E-state index contributed by atoms with van der Waals surface area (Å²) in [5.74, 6) is -11.8. The molecular formula is C32H28CuO12. The molecule has 0 aliphatic rings. The fourth-order valence-corrected chi connectivity index (χ4v) is 3.73. The van der Waals surface area contributed by atoms with E-state index in [0.717, 1.165) is 0 Å². The van der Waals surface area contributed by atoms with Crippen molar-refractivity contribution in [2.45, 2.75) is 23.8 Å². The molecule has 12 nitrogen and oxygen atoms in total. The molecule has 0 bridgehead atoms. The molecule has 4 rings (SSSR count). The number of benzene rings is 4. The molecule has 13 heteroatoms. The van der Waals surface area contributed by atoms with Crippen LogP contribution in [0.4, 0.5) is 0 Å². The summed E-state index contributed by atoms with van der Waals surface area (Å²) in [5.41, 5.74) is 0.203. The minimum absolute atomic E-state index is 0. The SMILES string of the molecule is O=C(OC(O)(C(=O)O)c1ccccc1)C(O)c1ccccc1.O=C(OC(O)(C(=O)O)c1ccccc1)C(O)c1ccccc1.[Cu]. The Hall–Kier alpha value is -4.88. The molecule has 1 radical (unpaired) electrons. The molecule has 0 heterocycles. The van der Waals surface area contributed by atoms with Crippen molar-refractivity contribution in [2.24, 2.45) is 0 Å². The van der Waals surface area contributed by atoms with Gasteiger partial charge < -0.3 is 40.1 Å². The maximum Gasteiger partial charge on any atom is 0.382 e. The van der Waals surface area contributed by atoms with Crippen molar-refractivity contribution in [3.8, 4) is 0 Å². The Labute approximate surface area is 267 Å². The van der Waals surface area contributed by atoms with Gasteiger partial charge in [-0.15, -0.1) is 0 Å². The summed E-state index contributed by atoms with van der Waals surface area (Å²) in [5, 5.41) is 58.5. The van der Waals surface area contributed by atoms with Gasteiger partial charge >= 0.3 is 35.5 Å². The van der Waals surface area contributed by atoms with Crippen LogP contribution in [0, 0.1) is 0 Å². The van der Waals surface area contributed by atoms with Gasteiger partial charge in [-0.25, -0.2) is 19.2 Å². The number of carbonyl (C=O) groups is 4. The van der Waals surface area contributed by atoms with Gasteiger partial charge in [-0.2, -0.15) is 0 Å². The number of aliphatic carboxylic acids is 2. The molecule has 4 unspecified atom stereocenters. The van der Waals surface area contributed by atoms with E-state index in [1.807, 2.05) is 0 Å². The van der Waals surface area contributed by atoms with E-state index >= 15 is 0 Å². The Bertz CT molecular complexity index is 1440. The summed E-state index contributed by atoms with van der Waals surface area (Å²) in [6, 6.07) is 30.1. The van der Waals surface area contributed by atoms with E-state index in [2.05, 4.69) is 9.47 Å². The maximum absolute atomic E-state index is 11.9. The number of hydrogen-bond acceptors (Lipinski definition) is 10. The molecule has 4 aromatic carbocycles. The van der Waals surface area contributed by atoms with Crippen molar-refractivity contribution in [3.05, 3.63) is 144 Å². The summed E-state index contributed by atoms with van der Waals surface area (Å²) in [6.07, 6.45) is -3.40. The van der Waals surface area contributed by atoms with Crippen molar-refractivity contribution in [1.29, 1.82) is 0 Å². The molecule has 0 aliphatic heterocycles. The number of ether oxygens (including phenoxy) is 2. The van der Waals surface area contributed by atoms with Crippen LogP contribution in [0.5, 0.6) is 0 Å². The third-order valence-corrected chi connectivity index (χ3v) is 6.08. The molecule has 45 heavy (non-hydrogen) atoms. The van der Waals surface area contributed by atoms with Gasteiger partial charge in [-0.1, -0.05) is 121 Å². The standard InChI is InChI=1S/2C16H14O6.Cu/c2*17-13(11-7-3-1-4-8-11)14(18)22-16(21,15(19)20)12-9-5-2-6-10-12;/h2*1-10,13,17,21H,(H,19,20);. The predicted molar refractivity (Wildman–Crippen MR) is 151 cm³/mol. The molecule has 6 N–H and O–H groups in total. The fraction of sp³-hybridized carbons (Fsp3) is 0.125. The van der Waals surface area contributed by atoms with Crippen LogP contribution in [0.15, 0.2) is 121 Å². The van der Waals surface area contributed by atoms with E-state index in [1.54, 1.807) is 48.5 Å². The van der Waals surface area contributed by atoms with Crippen molar-refractivity contribution in [1.82, 2.24) is 0 Å². The molecule has 4 aromatic rings. The topological polar surface area (TPSA) is 208 Å². The van der Waals surface area contributed by atoms with Gasteiger partial charge in [0, 0.05) is 28.2 Å². The second kappa shape index (κ2) is 16.3. The Morgan fingerprint density at radius 2 is 0.733 bits per heavy atom. The molecule has 0 saturated carbocycles. The second-order valence-electron chi connectivity index (χ2n) is 9.10. The van der Waals surface area contributed by atoms with Crippen LogP contribution in [-0.2, 0) is 57.3 Å². The van der Waals surface area contributed by atoms with E-state index in [0.29, 0.717) is 0 Å². The van der Waals surface area contributed by atoms with Crippen LogP contribution < -0.4 is 0 Å². The first-order valence-electron chi connectivity index (χ1n) is 12.8. The van der Waals surface area contributed by atoms with E-state index < -0.39 is 47.7 Å². The third-order valence-electron chi connectivity index (χ3n) is 6.08. The van der Waals surface area contributed by atoms with Gasteiger partial charge in [0.15, 0.2) is 12.2 Å². The average molecular weight is 668 g/mol. The second-order valence-corrected chi connectivity index (χ2v) is 9.10. The smallest absolute Gasteiger partial charge is 0.382 e. The fourth-order valence-electron chi connectivity index (χ4n) is 3.73. The zero-order valence-corrected chi connectivity index (χ0v) is 24.1. The number of esters is 2. The van der Waals surface area contributed by atoms with Crippen molar-refractivity contribution >= 4 is 23.9 Å². The van der Waals surface area contributed by atoms with E-state index in [9.17, 15) is 49.8 Å². The molecular weight excluding hydrogens is 640 g/mol. The van der Waals surface area contributed by atoms with Crippen molar-refractivity contribution in [3.63, 3.8) is 0 Å². The van der Waals surface area contributed by atoms with Crippen molar-refractivity contribution in [2.75, 3.05) is 0 Å². The summed E-state index contributed by atoms with van der Waals surface area (Å²) in [6.45, 7) is 0. The minimum Gasteiger partial charge on any atom is -0.476 e. The van der Waals surface area contributed by atoms with Crippen LogP contribution in [0.25, 0.3) is 0 Å². The Balaban J connectivity index is 0.000000307. The molecule has 0 fully saturated rings. The monoisotopic (exact) mass is 667 g/mol. The number of aliphatic hydroxyl groups is 4. The Kier molecular flexibility index (Phi) is 13.1. The average Bonchev–Trinajstić information content (AvgIpc) is 3.05. The molecule has 0 amide bonds. The number of carbonyl (C=O) groups excluding carboxylic acids is 2. The van der Waals surface area contributed by atoms with Crippen molar-refractivity contribution < 1.29 is 76.4 Å². The van der Waals surface area contributed by atoms with E-state index in [1.165, 1.54) is 72.8 Å². The summed E-state index contributed by atoms with van der Waals surface area (Å²) in [4.78, 5) is 46.5. The maximum atomic E-state index is 11.9. The number of rotatable bonds is 10. The predicted octanol–water partition coefficient (Wildman–Crippen LogP) is 2.38. The zero-order chi connectivity index (χ0) is 32.3. The molecule has 0 aromatic heterocycles. The van der Waals surface area contributed by atoms with Crippen LogP contribution in [0.3, 0.4) is 0 Å². The third kappa shape index (κ3) is 9.06. The Morgan fingerprint density at radius 1 is 0.489 bits per heavy atom. The first kappa shape index (κ1) is 36.3. The van der Waals surface area contributed by atoms with Gasteiger partial charge in [0.05, 0.1) is 0 Å². The molecule has 0 saturated heterocycles. The number of aliphatic hydroxyl groups excluding tert-OH is 2. The number of carboxylic acids is 2. The summed E-state index contributed by atoms with van der Waals surface area (Å²) < 4.78 is 9.34. The first-order valence-corrected chi connectivity index (χ1v) is 12.8. The Morgan fingerprint density at radius 3 is 0.978 bits per heavy atom. The van der Waals surface area contributed by atoms with Gasteiger partial charge in [0.1, 0.15) is 0 Å². The van der Waals surface area contributed by atoms with Gasteiger partial charge in [-0.05, 0) is 11.1 Å². The normalized spacial score (nSPS) is 14.3. The number of hydrogen-bond donors (Lipinski definition) is 6. The number of carboxylic acid groups (broad SMARTS) is 2. The van der Waals surface area contributed by atoms with Gasteiger partial charge in [0.25, 0.3) is 0 Å². The van der Waals surface area contributed by atoms with Crippen LogP contribution in [0.2, 0.25) is 0 Å². The van der Waals surface area contributed by atoms with Crippen LogP contribution in [0.1, 0.15) is 34.5 Å². The molecule has 0 aliphatic carbocycles.